The zero-order chi connectivity index (χ0) is 12.9. The standard InChI is InChI=1S/C6H10O9S.2Na.2H/c7-4(8)1-3(16(12,13)14)6(11)15-2-5(9)10;;;;/h3,5,9-10H,1-2H2,(H,7,8)(H,12,13,14);;;;. The fourth-order valence-corrected chi connectivity index (χ4v) is 1.38. The fraction of sp³-hybridized carbons (Fsp3) is 0.667. The first-order valence-corrected chi connectivity index (χ1v) is 5.35. The molecule has 0 radical (unpaired) electrons. The summed E-state index contributed by atoms with van der Waals surface area (Å²) in [6.07, 6.45) is -3.20. The second kappa shape index (κ2) is 10.5. The van der Waals surface area contributed by atoms with E-state index in [1.54, 1.807) is 0 Å². The molecule has 0 aromatic rings. The molecule has 0 saturated carbocycles. The first kappa shape index (κ1) is 23.8. The van der Waals surface area contributed by atoms with Crippen molar-refractivity contribution in [3.8, 4) is 0 Å². The minimum atomic E-state index is -4.93. The van der Waals surface area contributed by atoms with E-state index in [2.05, 4.69) is 4.74 Å². The molecule has 0 aliphatic heterocycles. The number of hydrogen-bond acceptors (Lipinski definition) is 7. The van der Waals surface area contributed by atoms with Gasteiger partial charge in [0.05, 0.1) is 6.42 Å². The summed E-state index contributed by atoms with van der Waals surface area (Å²) in [5, 5.41) is 22.6. The summed E-state index contributed by atoms with van der Waals surface area (Å²) in [5.41, 5.74) is 0. The summed E-state index contributed by atoms with van der Waals surface area (Å²) in [7, 11) is -4.93. The monoisotopic (exact) mass is 306 g/mol. The number of aliphatic hydroxyl groups excluding tert-OH is 1. The molecule has 9 nitrogen and oxygen atoms in total. The van der Waals surface area contributed by atoms with Crippen LogP contribution in [0.5, 0.6) is 0 Å². The van der Waals surface area contributed by atoms with Crippen LogP contribution >= 0.6 is 0 Å². The summed E-state index contributed by atoms with van der Waals surface area (Å²) < 4.78 is 33.8. The third kappa shape index (κ3) is 10.7. The molecule has 4 N–H and O–H groups in total. The Labute approximate surface area is 147 Å². The van der Waals surface area contributed by atoms with Gasteiger partial charge in [0.2, 0.25) is 0 Å². The predicted molar refractivity (Wildman–Crippen MR) is 61.1 cm³/mol. The third-order valence-corrected chi connectivity index (χ3v) is 2.44. The van der Waals surface area contributed by atoms with Gasteiger partial charge in [0.25, 0.3) is 10.1 Å². The van der Waals surface area contributed by atoms with E-state index >= 15 is 0 Å². The van der Waals surface area contributed by atoms with Crippen LogP contribution in [-0.4, -0.2) is 117 Å². The Kier molecular flexibility index (Phi) is 14.0. The molecule has 1 unspecified atom stereocenters. The van der Waals surface area contributed by atoms with Crippen LogP contribution in [0.2, 0.25) is 0 Å². The van der Waals surface area contributed by atoms with Crippen molar-refractivity contribution in [2.45, 2.75) is 18.0 Å². The van der Waals surface area contributed by atoms with Crippen molar-refractivity contribution < 1.29 is 42.6 Å². The topological polar surface area (TPSA) is 158 Å². The van der Waals surface area contributed by atoms with Crippen molar-refractivity contribution >= 4 is 81.2 Å². The summed E-state index contributed by atoms with van der Waals surface area (Å²) in [4.78, 5) is 21.2. The number of rotatable bonds is 6. The number of aliphatic hydroxyl groups is 2. The average Bonchev–Trinajstić information content (AvgIpc) is 2.08. The molecule has 0 aliphatic rings. The van der Waals surface area contributed by atoms with Gasteiger partial charge in [-0.25, -0.2) is 0 Å². The van der Waals surface area contributed by atoms with Gasteiger partial charge in [0.1, 0.15) is 6.61 Å². The zero-order valence-electron chi connectivity index (χ0n) is 7.81. The number of carbonyl (C=O) groups excluding carboxylic acids is 1. The fourth-order valence-electron chi connectivity index (χ4n) is 0.718. The zero-order valence-corrected chi connectivity index (χ0v) is 8.62. The third-order valence-electron chi connectivity index (χ3n) is 1.36. The number of carboxylic acid groups (broad SMARTS) is 1. The van der Waals surface area contributed by atoms with Gasteiger partial charge in [-0.3, -0.25) is 14.1 Å². The number of hydrogen-bond donors (Lipinski definition) is 4. The second-order valence-electron chi connectivity index (χ2n) is 2.71. The Morgan fingerprint density at radius 1 is 1.17 bits per heavy atom. The Morgan fingerprint density at radius 3 is 1.89 bits per heavy atom. The molecule has 1 atom stereocenters. The number of ether oxygens (including phenoxy) is 1. The van der Waals surface area contributed by atoms with Crippen molar-refractivity contribution in [2.75, 3.05) is 6.61 Å². The van der Waals surface area contributed by atoms with E-state index in [0.29, 0.717) is 0 Å². The first-order chi connectivity index (χ1) is 7.14. The quantitative estimate of drug-likeness (QED) is 0.167. The van der Waals surface area contributed by atoms with E-state index in [0.717, 1.165) is 0 Å². The van der Waals surface area contributed by atoms with Crippen LogP contribution < -0.4 is 0 Å². The van der Waals surface area contributed by atoms with E-state index in [1.165, 1.54) is 0 Å². The summed E-state index contributed by atoms with van der Waals surface area (Å²) in [5.74, 6) is -3.21. The first-order valence-electron chi connectivity index (χ1n) is 3.85. The molecule has 0 heterocycles. The molecule has 12 heteroatoms. The van der Waals surface area contributed by atoms with Gasteiger partial charge in [0.15, 0.2) is 11.5 Å². The molecule has 0 aromatic heterocycles. The van der Waals surface area contributed by atoms with Crippen LogP contribution in [0.4, 0.5) is 0 Å². The molecule has 0 aliphatic carbocycles. The van der Waals surface area contributed by atoms with Crippen molar-refractivity contribution in [1.82, 2.24) is 0 Å². The Bertz CT molecular complexity index is 365. The Hall–Kier alpha value is 0.770. The molecule has 0 amide bonds. The molecule has 0 spiro atoms. The summed E-state index contributed by atoms with van der Waals surface area (Å²) in [6, 6.07) is 0. The van der Waals surface area contributed by atoms with Crippen LogP contribution in [0.25, 0.3) is 0 Å². The van der Waals surface area contributed by atoms with Crippen LogP contribution in [-0.2, 0) is 24.4 Å². The second-order valence-corrected chi connectivity index (χ2v) is 4.31. The van der Waals surface area contributed by atoms with E-state index in [1.807, 2.05) is 0 Å². The summed E-state index contributed by atoms with van der Waals surface area (Å²) in [6.45, 7) is -0.926. The molecule has 0 rings (SSSR count). The molecular formula is C6H12Na2O9S. The van der Waals surface area contributed by atoms with Crippen molar-refractivity contribution in [2.24, 2.45) is 0 Å². The predicted octanol–water partition coefficient (Wildman–Crippen LogP) is -3.73. The van der Waals surface area contributed by atoms with Crippen molar-refractivity contribution in [1.29, 1.82) is 0 Å². The van der Waals surface area contributed by atoms with Crippen LogP contribution in [0.15, 0.2) is 0 Å². The number of carbonyl (C=O) groups is 2. The number of esters is 1. The Balaban J connectivity index is -0.00000112. The minimum absolute atomic E-state index is 0. The number of aliphatic carboxylic acids is 1. The number of carboxylic acids is 1. The normalized spacial score (nSPS) is 12.0. The maximum absolute atomic E-state index is 11.0. The van der Waals surface area contributed by atoms with Crippen LogP contribution in [0, 0.1) is 0 Å². The molecule has 0 fully saturated rings. The Morgan fingerprint density at radius 2 is 1.61 bits per heavy atom. The SMILES string of the molecule is O=C(O)CC(C(=O)OCC(O)O)S(=O)(=O)O.[NaH].[NaH]. The molecule has 18 heavy (non-hydrogen) atoms. The van der Waals surface area contributed by atoms with Gasteiger partial charge < -0.3 is 20.1 Å². The van der Waals surface area contributed by atoms with Gasteiger partial charge in [0, 0.05) is 0 Å². The van der Waals surface area contributed by atoms with Crippen LogP contribution in [0.3, 0.4) is 0 Å². The molecule has 0 aromatic carbocycles. The van der Waals surface area contributed by atoms with Crippen molar-refractivity contribution in [3.63, 3.8) is 0 Å². The van der Waals surface area contributed by atoms with E-state index in [9.17, 15) is 18.0 Å². The maximum atomic E-state index is 11.0. The summed E-state index contributed by atoms with van der Waals surface area (Å²) >= 11 is 0. The van der Waals surface area contributed by atoms with Crippen molar-refractivity contribution in [3.05, 3.63) is 0 Å². The molecular weight excluding hydrogens is 294 g/mol. The van der Waals surface area contributed by atoms with Gasteiger partial charge in [-0.2, -0.15) is 8.42 Å². The van der Waals surface area contributed by atoms with Gasteiger partial charge >= 0.3 is 71.1 Å². The van der Waals surface area contributed by atoms with E-state index < -0.39 is 46.6 Å². The van der Waals surface area contributed by atoms with E-state index in [-0.39, 0.29) is 59.1 Å². The van der Waals surface area contributed by atoms with E-state index in [4.69, 9.17) is 19.9 Å². The molecule has 0 bridgehead atoms. The molecule has 0 saturated heterocycles. The van der Waals surface area contributed by atoms with Gasteiger partial charge in [-0.05, 0) is 0 Å². The molecule has 98 valence electrons. The average molecular weight is 306 g/mol. The van der Waals surface area contributed by atoms with Gasteiger partial charge in [-0.15, -0.1) is 0 Å². The van der Waals surface area contributed by atoms with Gasteiger partial charge in [-0.1, -0.05) is 0 Å². The van der Waals surface area contributed by atoms with Crippen LogP contribution in [0.1, 0.15) is 6.42 Å².